The van der Waals surface area contributed by atoms with Gasteiger partial charge in [-0.25, -0.2) is 4.79 Å². The summed E-state index contributed by atoms with van der Waals surface area (Å²) in [6.07, 6.45) is 1.14. The third kappa shape index (κ3) is 4.53. The zero-order chi connectivity index (χ0) is 17.6. The Labute approximate surface area is 153 Å². The molecule has 0 bridgehead atoms. The van der Waals surface area contributed by atoms with Crippen LogP contribution in [0.25, 0.3) is 0 Å². The molecule has 0 spiro atoms. The summed E-state index contributed by atoms with van der Waals surface area (Å²) in [6, 6.07) is 17.2. The van der Waals surface area contributed by atoms with Crippen LogP contribution in [0.15, 0.2) is 54.6 Å². The predicted octanol–water partition coefficient (Wildman–Crippen LogP) is 4.00. The lowest BCUT2D eigenvalue weighted by molar-refractivity contribution is 0.0665. The molecule has 0 unspecified atom stereocenters. The lowest BCUT2D eigenvalue weighted by atomic mass is 9.87. The van der Waals surface area contributed by atoms with Crippen molar-refractivity contribution in [2.24, 2.45) is 5.92 Å². The number of nitrogens with one attached hydrogen (secondary N) is 1. The molecule has 2 N–H and O–H groups in total. The molecule has 1 atom stereocenters. The Morgan fingerprint density at radius 2 is 1.76 bits per heavy atom. The summed E-state index contributed by atoms with van der Waals surface area (Å²) in [4.78, 5) is 14.1. The second-order valence-electron chi connectivity index (χ2n) is 6.43. The number of benzene rings is 2. The zero-order valence-electron chi connectivity index (χ0n) is 14.1. The van der Waals surface area contributed by atoms with E-state index >= 15 is 0 Å². The van der Waals surface area contributed by atoms with E-state index in [1.807, 2.05) is 59.5 Å². The summed E-state index contributed by atoms with van der Waals surface area (Å²) < 4.78 is 0. The van der Waals surface area contributed by atoms with Crippen LogP contribution in [0.2, 0.25) is 5.02 Å². The molecule has 3 rings (SSSR count). The second kappa shape index (κ2) is 8.37. The minimum Gasteiger partial charge on any atom is -0.388 e. The van der Waals surface area contributed by atoms with Crippen LogP contribution in [0.5, 0.6) is 0 Å². The number of carbonyl (C=O) groups is 1. The Hall–Kier alpha value is -2.04. The van der Waals surface area contributed by atoms with E-state index in [1.165, 1.54) is 0 Å². The summed E-state index contributed by atoms with van der Waals surface area (Å²) >= 11 is 6.11. The molecule has 25 heavy (non-hydrogen) atoms. The molecule has 2 amide bonds. The van der Waals surface area contributed by atoms with Crippen LogP contribution in [0.1, 0.15) is 30.1 Å². The van der Waals surface area contributed by atoms with Gasteiger partial charge in [-0.15, -0.1) is 0 Å². The molecule has 132 valence electrons. The summed E-state index contributed by atoms with van der Waals surface area (Å²) in [5.74, 6) is 0.190. The number of aliphatic hydroxyl groups excluding tert-OH is 1. The minimum absolute atomic E-state index is 0.0763. The smallest absolute Gasteiger partial charge is 0.317 e. The Balaban J connectivity index is 1.48. The Morgan fingerprint density at radius 1 is 1.12 bits per heavy atom. The molecule has 0 aromatic heterocycles. The highest BCUT2D eigenvalue weighted by atomic mass is 35.5. The summed E-state index contributed by atoms with van der Waals surface area (Å²) in [6.45, 7) is 1.73. The molecule has 1 aliphatic heterocycles. The molecular weight excluding hydrogens is 336 g/mol. The van der Waals surface area contributed by atoms with Crippen LogP contribution in [-0.2, 0) is 6.54 Å². The Bertz CT molecular complexity index is 700. The third-order valence-corrected chi connectivity index (χ3v) is 5.17. The van der Waals surface area contributed by atoms with Gasteiger partial charge in [0.15, 0.2) is 0 Å². The number of nitrogens with zero attached hydrogens (tertiary/aromatic N) is 1. The van der Waals surface area contributed by atoms with Crippen LogP contribution < -0.4 is 5.32 Å². The highest BCUT2D eigenvalue weighted by molar-refractivity contribution is 6.31. The summed E-state index contributed by atoms with van der Waals surface area (Å²) in [5, 5.41) is 14.1. The molecule has 2 aromatic rings. The predicted molar refractivity (Wildman–Crippen MR) is 99.4 cm³/mol. The molecule has 0 aliphatic carbocycles. The first-order chi connectivity index (χ1) is 12.1. The second-order valence-corrected chi connectivity index (χ2v) is 6.84. The van der Waals surface area contributed by atoms with Crippen molar-refractivity contribution in [1.29, 1.82) is 0 Å². The van der Waals surface area contributed by atoms with Crippen molar-refractivity contribution in [2.45, 2.75) is 25.5 Å². The lowest BCUT2D eigenvalue weighted by Gasteiger charge is -2.34. The van der Waals surface area contributed by atoms with Crippen molar-refractivity contribution >= 4 is 17.6 Å². The first-order valence-corrected chi connectivity index (χ1v) is 9.02. The van der Waals surface area contributed by atoms with Crippen molar-refractivity contribution < 1.29 is 9.90 Å². The van der Waals surface area contributed by atoms with Gasteiger partial charge in [0.1, 0.15) is 0 Å². The number of urea groups is 1. The van der Waals surface area contributed by atoms with E-state index in [0.717, 1.165) is 24.0 Å². The molecular formula is C20H23ClN2O2. The molecule has 2 aromatic carbocycles. The van der Waals surface area contributed by atoms with Crippen LogP contribution in [0, 0.1) is 5.92 Å². The molecule has 0 radical (unpaired) electrons. The first kappa shape index (κ1) is 17.8. The number of carbonyl (C=O) groups excluding carboxylic acids is 1. The number of hydrogen-bond donors (Lipinski definition) is 2. The van der Waals surface area contributed by atoms with E-state index in [0.29, 0.717) is 24.7 Å². The van der Waals surface area contributed by atoms with Crippen molar-refractivity contribution in [2.75, 3.05) is 13.1 Å². The average molecular weight is 359 g/mol. The van der Waals surface area contributed by atoms with Gasteiger partial charge in [0.25, 0.3) is 0 Å². The van der Waals surface area contributed by atoms with Gasteiger partial charge in [-0.3, -0.25) is 0 Å². The number of hydrogen-bond acceptors (Lipinski definition) is 2. The SMILES string of the molecule is O=C(NCc1ccccc1Cl)N1CCC([C@@H](O)c2ccccc2)CC1. The average Bonchev–Trinajstić information content (AvgIpc) is 2.67. The first-order valence-electron chi connectivity index (χ1n) is 8.64. The standard InChI is InChI=1S/C20H23ClN2O2/c21-18-9-5-4-8-17(18)14-22-20(25)23-12-10-16(11-13-23)19(24)15-6-2-1-3-7-15/h1-9,16,19,24H,10-14H2,(H,22,25)/t19-/m0/s1. The van der Waals surface area contributed by atoms with E-state index in [4.69, 9.17) is 11.6 Å². The van der Waals surface area contributed by atoms with Crippen LogP contribution >= 0.6 is 11.6 Å². The van der Waals surface area contributed by atoms with Gasteiger partial charge >= 0.3 is 6.03 Å². The number of aliphatic hydroxyl groups is 1. The maximum atomic E-state index is 12.3. The summed E-state index contributed by atoms with van der Waals surface area (Å²) in [7, 11) is 0. The van der Waals surface area contributed by atoms with E-state index in [1.54, 1.807) is 0 Å². The van der Waals surface area contributed by atoms with E-state index in [2.05, 4.69) is 5.32 Å². The fourth-order valence-corrected chi connectivity index (χ4v) is 3.47. The van der Waals surface area contributed by atoms with Gasteiger partial charge in [0.2, 0.25) is 0 Å². The molecule has 0 saturated carbocycles. The maximum Gasteiger partial charge on any atom is 0.317 e. The van der Waals surface area contributed by atoms with Crippen molar-refractivity contribution in [1.82, 2.24) is 10.2 Å². The number of piperidine rings is 1. The van der Waals surface area contributed by atoms with Gasteiger partial charge in [-0.2, -0.15) is 0 Å². The number of halogens is 1. The molecule has 1 heterocycles. The largest absolute Gasteiger partial charge is 0.388 e. The fraction of sp³-hybridized carbons (Fsp3) is 0.350. The number of rotatable bonds is 4. The van der Waals surface area contributed by atoms with Gasteiger partial charge in [-0.05, 0) is 36.0 Å². The van der Waals surface area contributed by atoms with Crippen LogP contribution in [0.3, 0.4) is 0 Å². The third-order valence-electron chi connectivity index (χ3n) is 4.80. The van der Waals surface area contributed by atoms with Gasteiger partial charge in [0.05, 0.1) is 6.10 Å². The van der Waals surface area contributed by atoms with Crippen molar-refractivity contribution in [3.8, 4) is 0 Å². The van der Waals surface area contributed by atoms with E-state index < -0.39 is 6.10 Å². The highest BCUT2D eigenvalue weighted by Crippen LogP contribution is 2.30. The molecule has 1 saturated heterocycles. The van der Waals surface area contributed by atoms with Crippen LogP contribution in [0.4, 0.5) is 4.79 Å². The fourth-order valence-electron chi connectivity index (χ4n) is 3.27. The highest BCUT2D eigenvalue weighted by Gasteiger charge is 2.28. The lowest BCUT2D eigenvalue weighted by Crippen LogP contribution is -2.45. The Morgan fingerprint density at radius 3 is 2.44 bits per heavy atom. The summed E-state index contributed by atoms with van der Waals surface area (Å²) in [5.41, 5.74) is 1.86. The maximum absolute atomic E-state index is 12.3. The van der Waals surface area contributed by atoms with Gasteiger partial charge in [-0.1, -0.05) is 60.1 Å². The van der Waals surface area contributed by atoms with Crippen molar-refractivity contribution in [3.05, 3.63) is 70.7 Å². The molecule has 5 heteroatoms. The van der Waals surface area contributed by atoms with Crippen LogP contribution in [-0.4, -0.2) is 29.1 Å². The quantitative estimate of drug-likeness (QED) is 0.868. The van der Waals surface area contributed by atoms with Gasteiger partial charge in [0, 0.05) is 24.7 Å². The normalized spacial score (nSPS) is 16.5. The number of likely N-dealkylation sites (tertiary alicyclic amines) is 1. The Kier molecular flexibility index (Phi) is 5.95. The van der Waals surface area contributed by atoms with Gasteiger partial charge < -0.3 is 15.3 Å². The molecule has 1 aliphatic rings. The minimum atomic E-state index is -0.463. The van der Waals surface area contributed by atoms with E-state index in [9.17, 15) is 9.90 Å². The number of amides is 2. The monoisotopic (exact) mass is 358 g/mol. The van der Waals surface area contributed by atoms with Crippen molar-refractivity contribution in [3.63, 3.8) is 0 Å². The van der Waals surface area contributed by atoms with E-state index in [-0.39, 0.29) is 11.9 Å². The molecule has 1 fully saturated rings. The topological polar surface area (TPSA) is 52.6 Å². The zero-order valence-corrected chi connectivity index (χ0v) is 14.8. The molecule has 4 nitrogen and oxygen atoms in total.